The van der Waals surface area contributed by atoms with Gasteiger partial charge >= 0.3 is 5.97 Å². The maximum Gasteiger partial charge on any atom is 0.329 e. The minimum Gasteiger partial charge on any atom is -0.480 e. The standard InChI is InChI=1S/C20H38O5/c1-3-4-5-6-8-13-20(2,24)17-11-12-18(21)16(17)10-7-9-14-25-15-19(22)23/h16-18,21,24H,3-15H2,1-2H3,(H,22,23). The highest BCUT2D eigenvalue weighted by molar-refractivity contribution is 5.67. The van der Waals surface area contributed by atoms with E-state index >= 15 is 0 Å². The minimum absolute atomic E-state index is 0.144. The molecule has 0 spiro atoms. The molecule has 0 aromatic carbocycles. The number of hydrogen-bond acceptors (Lipinski definition) is 4. The Hall–Kier alpha value is -0.650. The lowest BCUT2D eigenvalue weighted by Crippen LogP contribution is -2.38. The van der Waals surface area contributed by atoms with E-state index < -0.39 is 11.6 Å². The molecule has 1 aliphatic rings. The van der Waals surface area contributed by atoms with Gasteiger partial charge in [-0.2, -0.15) is 0 Å². The van der Waals surface area contributed by atoms with Crippen LogP contribution in [0, 0.1) is 11.8 Å². The average Bonchev–Trinajstić information content (AvgIpc) is 2.92. The van der Waals surface area contributed by atoms with Crippen LogP contribution in [0.4, 0.5) is 0 Å². The van der Waals surface area contributed by atoms with Gasteiger partial charge in [0.15, 0.2) is 0 Å². The molecule has 0 aliphatic heterocycles. The molecule has 0 radical (unpaired) electrons. The highest BCUT2D eigenvalue weighted by Gasteiger charge is 2.44. The third-order valence-corrected chi connectivity index (χ3v) is 5.67. The summed E-state index contributed by atoms with van der Waals surface area (Å²) in [6.45, 7) is 4.33. The first-order valence-corrected chi connectivity index (χ1v) is 10.1. The molecule has 0 heterocycles. The zero-order chi connectivity index (χ0) is 18.7. The van der Waals surface area contributed by atoms with Crippen molar-refractivity contribution in [2.45, 2.75) is 96.2 Å². The minimum atomic E-state index is -0.943. The summed E-state index contributed by atoms with van der Waals surface area (Å²) >= 11 is 0. The predicted molar refractivity (Wildman–Crippen MR) is 98.5 cm³/mol. The molecule has 3 N–H and O–H groups in total. The summed E-state index contributed by atoms with van der Waals surface area (Å²) in [5.41, 5.74) is -0.700. The molecule has 25 heavy (non-hydrogen) atoms. The summed E-state index contributed by atoms with van der Waals surface area (Å²) in [5, 5.41) is 29.8. The van der Waals surface area contributed by atoms with Gasteiger partial charge in [-0.3, -0.25) is 0 Å². The number of hydrogen-bond donors (Lipinski definition) is 3. The van der Waals surface area contributed by atoms with E-state index in [-0.39, 0.29) is 24.5 Å². The number of unbranched alkanes of at least 4 members (excludes halogenated alkanes) is 5. The molecule has 1 fully saturated rings. The first kappa shape index (κ1) is 22.4. The summed E-state index contributed by atoms with van der Waals surface area (Å²) < 4.78 is 5.05. The Kier molecular flexibility index (Phi) is 10.6. The van der Waals surface area contributed by atoms with Crippen molar-refractivity contribution in [3.63, 3.8) is 0 Å². The van der Waals surface area contributed by atoms with Crippen LogP contribution >= 0.6 is 0 Å². The van der Waals surface area contributed by atoms with Gasteiger partial charge in [0, 0.05) is 6.61 Å². The maximum absolute atomic E-state index is 11.0. The molecule has 5 heteroatoms. The highest BCUT2D eigenvalue weighted by Crippen LogP contribution is 2.43. The van der Waals surface area contributed by atoms with E-state index in [9.17, 15) is 15.0 Å². The van der Waals surface area contributed by atoms with E-state index in [2.05, 4.69) is 6.92 Å². The molecule has 148 valence electrons. The molecule has 4 unspecified atom stereocenters. The number of carboxylic acid groups (broad SMARTS) is 1. The smallest absolute Gasteiger partial charge is 0.329 e. The topological polar surface area (TPSA) is 87.0 Å². The third-order valence-electron chi connectivity index (χ3n) is 5.67. The highest BCUT2D eigenvalue weighted by atomic mass is 16.5. The van der Waals surface area contributed by atoms with E-state index in [1.165, 1.54) is 25.7 Å². The van der Waals surface area contributed by atoms with E-state index in [1.54, 1.807) is 0 Å². The number of aliphatic hydroxyl groups excluding tert-OH is 1. The Bertz CT molecular complexity index is 369. The number of rotatable bonds is 14. The number of aliphatic carboxylic acids is 1. The lowest BCUT2D eigenvalue weighted by atomic mass is 9.76. The molecule has 0 aromatic rings. The van der Waals surface area contributed by atoms with Crippen molar-refractivity contribution < 1.29 is 24.9 Å². The van der Waals surface area contributed by atoms with Gasteiger partial charge in [-0.05, 0) is 50.9 Å². The predicted octanol–water partition coefficient (Wildman–Crippen LogP) is 3.76. The molecular formula is C20H38O5. The van der Waals surface area contributed by atoms with Gasteiger partial charge in [0.25, 0.3) is 0 Å². The summed E-state index contributed by atoms with van der Waals surface area (Å²) in [6.07, 6.45) is 10.7. The van der Waals surface area contributed by atoms with Crippen LogP contribution in [0.15, 0.2) is 0 Å². The molecule has 0 bridgehead atoms. The third kappa shape index (κ3) is 8.52. The molecule has 5 nitrogen and oxygen atoms in total. The van der Waals surface area contributed by atoms with Crippen LogP contribution in [0.2, 0.25) is 0 Å². The van der Waals surface area contributed by atoms with Crippen molar-refractivity contribution in [1.29, 1.82) is 0 Å². The van der Waals surface area contributed by atoms with Crippen LogP contribution in [-0.2, 0) is 9.53 Å². The Balaban J connectivity index is 2.34. The molecule has 0 saturated heterocycles. The Morgan fingerprint density at radius 2 is 1.84 bits per heavy atom. The van der Waals surface area contributed by atoms with Gasteiger partial charge < -0.3 is 20.1 Å². The van der Waals surface area contributed by atoms with Crippen LogP contribution in [-0.4, -0.2) is 46.2 Å². The fourth-order valence-corrected chi connectivity index (χ4v) is 4.23. The zero-order valence-corrected chi connectivity index (χ0v) is 16.1. The Morgan fingerprint density at radius 1 is 1.12 bits per heavy atom. The van der Waals surface area contributed by atoms with Crippen molar-refractivity contribution in [2.75, 3.05) is 13.2 Å². The molecule has 0 amide bonds. The second kappa shape index (κ2) is 11.9. The first-order chi connectivity index (χ1) is 11.9. The largest absolute Gasteiger partial charge is 0.480 e. The number of aliphatic hydroxyl groups is 2. The molecular weight excluding hydrogens is 320 g/mol. The van der Waals surface area contributed by atoms with Crippen molar-refractivity contribution >= 4 is 5.97 Å². The summed E-state index contributed by atoms with van der Waals surface area (Å²) in [4.78, 5) is 10.4. The normalized spacial score (nSPS) is 25.8. The second-order valence-electron chi connectivity index (χ2n) is 7.88. The Labute approximate surface area is 152 Å². The van der Waals surface area contributed by atoms with Gasteiger partial charge in [-0.25, -0.2) is 4.79 Å². The average molecular weight is 359 g/mol. The monoisotopic (exact) mass is 358 g/mol. The fourth-order valence-electron chi connectivity index (χ4n) is 4.23. The van der Waals surface area contributed by atoms with Gasteiger partial charge in [-0.15, -0.1) is 0 Å². The first-order valence-electron chi connectivity index (χ1n) is 10.1. The number of carbonyl (C=O) groups is 1. The van der Waals surface area contributed by atoms with E-state index in [1.807, 2.05) is 6.92 Å². The summed E-state index contributed by atoms with van der Waals surface area (Å²) in [6, 6.07) is 0. The van der Waals surface area contributed by atoms with E-state index in [0.717, 1.165) is 44.9 Å². The molecule has 0 aromatic heterocycles. The zero-order valence-electron chi connectivity index (χ0n) is 16.1. The molecule has 1 saturated carbocycles. The van der Waals surface area contributed by atoms with Crippen molar-refractivity contribution in [3.8, 4) is 0 Å². The van der Waals surface area contributed by atoms with Gasteiger partial charge in [0.1, 0.15) is 6.61 Å². The summed E-state index contributed by atoms with van der Waals surface area (Å²) in [5.74, 6) is -0.639. The van der Waals surface area contributed by atoms with Crippen LogP contribution in [0.1, 0.15) is 84.5 Å². The molecule has 1 aliphatic carbocycles. The van der Waals surface area contributed by atoms with Crippen molar-refractivity contribution in [1.82, 2.24) is 0 Å². The van der Waals surface area contributed by atoms with Crippen LogP contribution in [0.3, 0.4) is 0 Å². The van der Waals surface area contributed by atoms with Gasteiger partial charge in [0.2, 0.25) is 0 Å². The Morgan fingerprint density at radius 3 is 2.52 bits per heavy atom. The van der Waals surface area contributed by atoms with Crippen LogP contribution in [0.25, 0.3) is 0 Å². The fraction of sp³-hybridized carbons (Fsp3) is 0.950. The van der Waals surface area contributed by atoms with E-state index in [0.29, 0.717) is 6.61 Å². The SMILES string of the molecule is CCCCCCCC(C)(O)C1CCC(O)C1CCCCOCC(=O)O. The van der Waals surface area contributed by atoms with Crippen molar-refractivity contribution in [2.24, 2.45) is 11.8 Å². The molecule has 1 rings (SSSR count). The van der Waals surface area contributed by atoms with Crippen LogP contribution in [0.5, 0.6) is 0 Å². The number of ether oxygens (including phenoxy) is 1. The van der Waals surface area contributed by atoms with Gasteiger partial charge in [-0.1, -0.05) is 45.4 Å². The maximum atomic E-state index is 11.0. The lowest BCUT2D eigenvalue weighted by Gasteiger charge is -2.35. The van der Waals surface area contributed by atoms with Crippen molar-refractivity contribution in [3.05, 3.63) is 0 Å². The van der Waals surface area contributed by atoms with E-state index in [4.69, 9.17) is 9.84 Å². The van der Waals surface area contributed by atoms with Crippen LogP contribution < -0.4 is 0 Å². The van der Waals surface area contributed by atoms with Gasteiger partial charge in [0.05, 0.1) is 11.7 Å². The second-order valence-corrected chi connectivity index (χ2v) is 7.88. The summed E-state index contributed by atoms with van der Waals surface area (Å²) in [7, 11) is 0. The lowest BCUT2D eigenvalue weighted by molar-refractivity contribution is -0.142. The number of carboxylic acids is 1. The molecule has 4 atom stereocenters. The quantitative estimate of drug-likeness (QED) is 0.412.